The van der Waals surface area contributed by atoms with Gasteiger partial charge in [-0.05, 0) is 38.0 Å². The number of ketones is 1. The van der Waals surface area contributed by atoms with Crippen molar-refractivity contribution in [1.29, 1.82) is 0 Å². The highest BCUT2D eigenvalue weighted by Crippen LogP contribution is 2.38. The summed E-state index contributed by atoms with van der Waals surface area (Å²) in [6.45, 7) is 4.88. The number of halogens is 3. The monoisotopic (exact) mass is 271 g/mol. The standard InChI is InChI=1S/C13H12F3NO2/c1-6-4-11(18)10(13(14,15)16)5-9(6)12-7(2)17-19-8(12)3/h4-5,10H,1-3H3. The molecule has 0 saturated carbocycles. The van der Waals surface area contributed by atoms with Crippen LogP contribution in [0.25, 0.3) is 5.57 Å². The molecule has 1 aliphatic rings. The summed E-state index contributed by atoms with van der Waals surface area (Å²) in [6.07, 6.45) is -2.61. The second-order valence-corrected chi connectivity index (χ2v) is 4.53. The topological polar surface area (TPSA) is 43.1 Å². The average Bonchev–Trinajstić information content (AvgIpc) is 2.58. The number of rotatable bonds is 1. The molecule has 0 fully saturated rings. The molecule has 0 aromatic carbocycles. The minimum atomic E-state index is -4.58. The van der Waals surface area contributed by atoms with Crippen molar-refractivity contribution in [2.24, 2.45) is 5.92 Å². The van der Waals surface area contributed by atoms with E-state index in [0.717, 1.165) is 12.2 Å². The van der Waals surface area contributed by atoms with E-state index < -0.39 is 17.9 Å². The molecule has 0 bridgehead atoms. The third-order valence-electron chi connectivity index (χ3n) is 3.08. The molecule has 1 aliphatic carbocycles. The minimum absolute atomic E-state index is 0.359. The van der Waals surface area contributed by atoms with Gasteiger partial charge in [-0.2, -0.15) is 13.2 Å². The molecule has 3 nitrogen and oxygen atoms in total. The summed E-state index contributed by atoms with van der Waals surface area (Å²) in [5, 5.41) is 3.72. The second-order valence-electron chi connectivity index (χ2n) is 4.53. The smallest absolute Gasteiger partial charge is 0.361 e. The summed E-state index contributed by atoms with van der Waals surface area (Å²) >= 11 is 0. The quantitative estimate of drug-likeness (QED) is 0.786. The van der Waals surface area contributed by atoms with Crippen LogP contribution in [0.1, 0.15) is 23.9 Å². The van der Waals surface area contributed by atoms with E-state index in [0.29, 0.717) is 28.2 Å². The minimum Gasteiger partial charge on any atom is -0.361 e. The van der Waals surface area contributed by atoms with Crippen molar-refractivity contribution in [2.75, 3.05) is 0 Å². The van der Waals surface area contributed by atoms with Gasteiger partial charge in [0.05, 0.1) is 5.69 Å². The lowest BCUT2D eigenvalue weighted by Crippen LogP contribution is -2.30. The molecule has 19 heavy (non-hydrogen) atoms. The van der Waals surface area contributed by atoms with Gasteiger partial charge in [0.25, 0.3) is 0 Å². The highest BCUT2D eigenvalue weighted by molar-refractivity contribution is 6.02. The molecule has 0 saturated heterocycles. The summed E-state index contributed by atoms with van der Waals surface area (Å²) in [7, 11) is 0. The summed E-state index contributed by atoms with van der Waals surface area (Å²) in [6, 6.07) is 0. The summed E-state index contributed by atoms with van der Waals surface area (Å²) in [4.78, 5) is 11.5. The molecular formula is C13H12F3NO2. The van der Waals surface area contributed by atoms with E-state index in [1.807, 2.05) is 0 Å². The lowest BCUT2D eigenvalue weighted by Gasteiger charge is -2.21. The highest BCUT2D eigenvalue weighted by atomic mass is 19.4. The maximum atomic E-state index is 12.8. The van der Waals surface area contributed by atoms with Gasteiger partial charge in [-0.1, -0.05) is 11.2 Å². The van der Waals surface area contributed by atoms with Crippen LogP contribution in [0, 0.1) is 19.8 Å². The lowest BCUT2D eigenvalue weighted by atomic mass is 9.85. The van der Waals surface area contributed by atoms with Crippen LogP contribution in [-0.4, -0.2) is 17.1 Å². The molecule has 2 rings (SSSR count). The van der Waals surface area contributed by atoms with E-state index in [4.69, 9.17) is 4.52 Å². The molecule has 6 heteroatoms. The van der Waals surface area contributed by atoms with E-state index in [1.165, 1.54) is 0 Å². The zero-order valence-electron chi connectivity index (χ0n) is 10.6. The Morgan fingerprint density at radius 3 is 2.37 bits per heavy atom. The SMILES string of the molecule is CC1=CC(=O)C(C(F)(F)F)C=C1c1c(C)noc1C. The lowest BCUT2D eigenvalue weighted by molar-refractivity contribution is -0.168. The Bertz CT molecular complexity index is 574. The maximum Gasteiger partial charge on any atom is 0.402 e. The maximum absolute atomic E-state index is 12.8. The van der Waals surface area contributed by atoms with Crippen LogP contribution >= 0.6 is 0 Å². The van der Waals surface area contributed by atoms with Crippen LogP contribution in [0.5, 0.6) is 0 Å². The van der Waals surface area contributed by atoms with Gasteiger partial charge >= 0.3 is 6.18 Å². The Kier molecular flexibility index (Phi) is 3.12. The Labute approximate surface area is 107 Å². The van der Waals surface area contributed by atoms with Crippen LogP contribution in [0.3, 0.4) is 0 Å². The Morgan fingerprint density at radius 1 is 1.26 bits per heavy atom. The average molecular weight is 271 g/mol. The molecule has 0 amide bonds. The fourth-order valence-corrected chi connectivity index (χ4v) is 2.16. The van der Waals surface area contributed by atoms with Crippen molar-refractivity contribution in [3.05, 3.63) is 34.7 Å². The molecule has 1 atom stereocenters. The van der Waals surface area contributed by atoms with E-state index in [2.05, 4.69) is 5.16 Å². The van der Waals surface area contributed by atoms with Gasteiger partial charge < -0.3 is 4.52 Å². The van der Waals surface area contributed by atoms with Crippen LogP contribution in [0.15, 0.2) is 22.2 Å². The Hall–Kier alpha value is -1.85. The number of carbonyl (C=O) groups excluding carboxylic acids is 1. The van der Waals surface area contributed by atoms with Crippen LogP contribution in [0.4, 0.5) is 13.2 Å². The van der Waals surface area contributed by atoms with E-state index in [1.54, 1.807) is 20.8 Å². The zero-order chi connectivity index (χ0) is 14.4. The van der Waals surface area contributed by atoms with Gasteiger partial charge in [0, 0.05) is 5.56 Å². The summed E-state index contributed by atoms with van der Waals surface area (Å²) < 4.78 is 43.4. The van der Waals surface area contributed by atoms with Crippen molar-refractivity contribution in [2.45, 2.75) is 26.9 Å². The van der Waals surface area contributed by atoms with E-state index in [9.17, 15) is 18.0 Å². The van der Waals surface area contributed by atoms with E-state index in [-0.39, 0.29) is 0 Å². The number of alkyl halides is 3. The van der Waals surface area contributed by atoms with Crippen molar-refractivity contribution < 1.29 is 22.5 Å². The van der Waals surface area contributed by atoms with Crippen molar-refractivity contribution >= 4 is 11.4 Å². The van der Waals surface area contributed by atoms with Crippen LogP contribution in [0.2, 0.25) is 0 Å². The molecule has 102 valence electrons. The normalized spacial score (nSPS) is 20.3. The third kappa shape index (κ3) is 2.34. The third-order valence-corrected chi connectivity index (χ3v) is 3.08. The number of aryl methyl sites for hydroxylation is 2. The molecular weight excluding hydrogens is 259 g/mol. The molecule has 1 aromatic heterocycles. The fraction of sp³-hybridized carbons (Fsp3) is 0.385. The van der Waals surface area contributed by atoms with Gasteiger partial charge in [-0.25, -0.2) is 0 Å². The summed E-state index contributed by atoms with van der Waals surface area (Å²) in [5.41, 5.74) is 1.88. The predicted molar refractivity (Wildman–Crippen MR) is 62.3 cm³/mol. The number of allylic oxidation sites excluding steroid dienone is 4. The van der Waals surface area contributed by atoms with Crippen LogP contribution < -0.4 is 0 Å². The first-order chi connectivity index (χ1) is 8.71. The number of hydrogen-bond acceptors (Lipinski definition) is 3. The van der Waals surface area contributed by atoms with Gasteiger partial charge in [0.15, 0.2) is 5.78 Å². The zero-order valence-corrected chi connectivity index (χ0v) is 10.6. The molecule has 1 heterocycles. The number of aromatic nitrogens is 1. The second kappa shape index (κ2) is 4.36. The molecule has 0 aliphatic heterocycles. The largest absolute Gasteiger partial charge is 0.402 e. The molecule has 0 N–H and O–H groups in total. The fourth-order valence-electron chi connectivity index (χ4n) is 2.16. The van der Waals surface area contributed by atoms with Gasteiger partial charge in [-0.3, -0.25) is 4.79 Å². The van der Waals surface area contributed by atoms with Crippen molar-refractivity contribution in [3.8, 4) is 0 Å². The van der Waals surface area contributed by atoms with Crippen molar-refractivity contribution in [3.63, 3.8) is 0 Å². The number of carbonyl (C=O) groups is 1. The van der Waals surface area contributed by atoms with E-state index >= 15 is 0 Å². The van der Waals surface area contributed by atoms with Crippen LogP contribution in [-0.2, 0) is 4.79 Å². The number of nitrogens with zero attached hydrogens (tertiary/aromatic N) is 1. The molecule has 0 spiro atoms. The number of hydrogen-bond donors (Lipinski definition) is 0. The first-order valence-corrected chi connectivity index (χ1v) is 5.66. The van der Waals surface area contributed by atoms with Gasteiger partial charge in [-0.15, -0.1) is 0 Å². The van der Waals surface area contributed by atoms with Crippen molar-refractivity contribution in [1.82, 2.24) is 5.16 Å². The molecule has 1 aromatic rings. The van der Waals surface area contributed by atoms with Gasteiger partial charge in [0.1, 0.15) is 11.7 Å². The molecule has 1 unspecified atom stereocenters. The Morgan fingerprint density at radius 2 is 1.89 bits per heavy atom. The summed E-state index contributed by atoms with van der Waals surface area (Å²) in [5.74, 6) is -2.60. The first-order valence-electron chi connectivity index (χ1n) is 5.66. The molecule has 0 radical (unpaired) electrons. The highest BCUT2D eigenvalue weighted by Gasteiger charge is 2.44. The van der Waals surface area contributed by atoms with Gasteiger partial charge in [0.2, 0.25) is 0 Å². The predicted octanol–water partition coefficient (Wildman–Crippen LogP) is 3.38. The first kappa shape index (κ1) is 13.6. The Balaban J connectivity index is 2.56.